The molecule has 68 valence electrons. The molecule has 0 saturated heterocycles. The van der Waals surface area contributed by atoms with Gasteiger partial charge >= 0.3 is 0 Å². The second-order valence-corrected chi connectivity index (χ2v) is 3.96. The van der Waals surface area contributed by atoms with Crippen LogP contribution in [0, 0.1) is 11.8 Å². The number of hydrogen-bond donors (Lipinski definition) is 2. The van der Waals surface area contributed by atoms with E-state index in [0.29, 0.717) is 18.4 Å². The van der Waals surface area contributed by atoms with E-state index in [1.807, 2.05) is 0 Å². The summed E-state index contributed by atoms with van der Waals surface area (Å²) in [5, 5.41) is 0. The van der Waals surface area contributed by atoms with Crippen LogP contribution < -0.4 is 11.5 Å². The molecule has 0 spiro atoms. The lowest BCUT2D eigenvalue weighted by Crippen LogP contribution is -2.51. The SMILES string of the molecule is CC(C)C(N)(CCN)C(C)C. The van der Waals surface area contributed by atoms with E-state index >= 15 is 0 Å². The second kappa shape index (κ2) is 4.07. The predicted octanol–water partition coefficient (Wildman–Crippen LogP) is 1.34. The molecular weight excluding hydrogens is 136 g/mol. The van der Waals surface area contributed by atoms with E-state index in [4.69, 9.17) is 11.5 Å². The molecule has 0 aromatic rings. The zero-order chi connectivity index (χ0) is 9.07. The summed E-state index contributed by atoms with van der Waals surface area (Å²) >= 11 is 0. The maximum absolute atomic E-state index is 6.21. The Morgan fingerprint density at radius 1 is 1.09 bits per heavy atom. The maximum atomic E-state index is 6.21. The smallest absolute Gasteiger partial charge is 0.0212 e. The van der Waals surface area contributed by atoms with Crippen molar-refractivity contribution in [3.05, 3.63) is 0 Å². The van der Waals surface area contributed by atoms with Crippen LogP contribution in [-0.4, -0.2) is 12.1 Å². The van der Waals surface area contributed by atoms with Gasteiger partial charge in [0.2, 0.25) is 0 Å². The first-order valence-corrected chi connectivity index (χ1v) is 4.44. The summed E-state index contributed by atoms with van der Waals surface area (Å²) in [6.45, 7) is 9.34. The molecule has 0 aromatic heterocycles. The van der Waals surface area contributed by atoms with Gasteiger partial charge in [0.05, 0.1) is 0 Å². The Morgan fingerprint density at radius 3 is 1.55 bits per heavy atom. The third kappa shape index (κ3) is 2.46. The van der Waals surface area contributed by atoms with E-state index in [1.54, 1.807) is 0 Å². The first kappa shape index (κ1) is 10.9. The van der Waals surface area contributed by atoms with Crippen LogP contribution in [0.25, 0.3) is 0 Å². The molecule has 2 nitrogen and oxygen atoms in total. The van der Waals surface area contributed by atoms with Crippen molar-refractivity contribution in [2.45, 2.75) is 39.7 Å². The van der Waals surface area contributed by atoms with Crippen molar-refractivity contribution in [2.24, 2.45) is 23.3 Å². The fraction of sp³-hybridized carbons (Fsp3) is 1.00. The minimum Gasteiger partial charge on any atom is -0.330 e. The molecule has 11 heavy (non-hydrogen) atoms. The Kier molecular flexibility index (Phi) is 4.04. The number of nitrogens with two attached hydrogens (primary N) is 2. The van der Waals surface area contributed by atoms with Gasteiger partial charge in [0, 0.05) is 5.54 Å². The molecule has 0 radical (unpaired) electrons. The van der Waals surface area contributed by atoms with Crippen LogP contribution in [0.2, 0.25) is 0 Å². The van der Waals surface area contributed by atoms with Gasteiger partial charge in [-0.25, -0.2) is 0 Å². The van der Waals surface area contributed by atoms with E-state index in [0.717, 1.165) is 6.42 Å². The van der Waals surface area contributed by atoms with Gasteiger partial charge in [-0.2, -0.15) is 0 Å². The van der Waals surface area contributed by atoms with E-state index < -0.39 is 0 Å². The maximum Gasteiger partial charge on any atom is 0.0212 e. The minimum atomic E-state index is -0.0747. The highest BCUT2D eigenvalue weighted by Crippen LogP contribution is 2.25. The Morgan fingerprint density at radius 2 is 1.45 bits per heavy atom. The van der Waals surface area contributed by atoms with Crippen LogP contribution in [0.15, 0.2) is 0 Å². The molecule has 2 heteroatoms. The third-order valence-electron chi connectivity index (χ3n) is 2.73. The van der Waals surface area contributed by atoms with Crippen LogP contribution in [0.5, 0.6) is 0 Å². The van der Waals surface area contributed by atoms with E-state index in [-0.39, 0.29) is 5.54 Å². The van der Waals surface area contributed by atoms with Gasteiger partial charge < -0.3 is 11.5 Å². The van der Waals surface area contributed by atoms with Crippen LogP contribution in [0.1, 0.15) is 34.1 Å². The molecule has 0 aromatic carbocycles. The standard InChI is InChI=1S/C9H22N2/c1-7(2)9(11,5-6-10)8(3)4/h7-8H,5-6,10-11H2,1-4H3. The van der Waals surface area contributed by atoms with Crippen molar-refractivity contribution < 1.29 is 0 Å². The molecule has 0 unspecified atom stereocenters. The summed E-state index contributed by atoms with van der Waals surface area (Å²) in [5.74, 6) is 1.01. The van der Waals surface area contributed by atoms with Crippen molar-refractivity contribution in [2.75, 3.05) is 6.54 Å². The minimum absolute atomic E-state index is 0.0747. The average Bonchev–Trinajstić information content (AvgIpc) is 1.87. The van der Waals surface area contributed by atoms with Crippen LogP contribution in [0.3, 0.4) is 0 Å². The third-order valence-corrected chi connectivity index (χ3v) is 2.73. The number of hydrogen-bond acceptors (Lipinski definition) is 2. The monoisotopic (exact) mass is 158 g/mol. The fourth-order valence-corrected chi connectivity index (χ4v) is 1.49. The van der Waals surface area contributed by atoms with E-state index in [1.165, 1.54) is 0 Å². The summed E-state index contributed by atoms with van der Waals surface area (Å²) in [4.78, 5) is 0. The molecule has 0 saturated carbocycles. The highest BCUT2D eigenvalue weighted by atomic mass is 14.8. The highest BCUT2D eigenvalue weighted by molar-refractivity contribution is 4.90. The normalized spacial score (nSPS) is 13.1. The molecular formula is C9H22N2. The fourth-order valence-electron chi connectivity index (χ4n) is 1.49. The van der Waals surface area contributed by atoms with E-state index in [9.17, 15) is 0 Å². The van der Waals surface area contributed by atoms with Gasteiger partial charge in [-0.3, -0.25) is 0 Å². The van der Waals surface area contributed by atoms with Crippen molar-refractivity contribution in [3.63, 3.8) is 0 Å². The molecule has 0 atom stereocenters. The molecule has 4 N–H and O–H groups in total. The molecule has 0 rings (SSSR count). The van der Waals surface area contributed by atoms with Gasteiger partial charge in [-0.1, -0.05) is 27.7 Å². The average molecular weight is 158 g/mol. The zero-order valence-corrected chi connectivity index (χ0v) is 8.22. The van der Waals surface area contributed by atoms with Crippen molar-refractivity contribution in [3.8, 4) is 0 Å². The lowest BCUT2D eigenvalue weighted by atomic mass is 9.75. The summed E-state index contributed by atoms with van der Waals surface area (Å²) < 4.78 is 0. The van der Waals surface area contributed by atoms with Crippen molar-refractivity contribution >= 4 is 0 Å². The largest absolute Gasteiger partial charge is 0.330 e. The molecule has 0 aliphatic heterocycles. The highest BCUT2D eigenvalue weighted by Gasteiger charge is 2.31. The quantitative estimate of drug-likeness (QED) is 0.649. The predicted molar refractivity (Wildman–Crippen MR) is 50.3 cm³/mol. The molecule has 0 aliphatic carbocycles. The first-order chi connectivity index (χ1) is 4.95. The Balaban J connectivity index is 4.26. The zero-order valence-electron chi connectivity index (χ0n) is 8.22. The van der Waals surface area contributed by atoms with Gasteiger partial charge in [-0.05, 0) is 24.8 Å². The van der Waals surface area contributed by atoms with Gasteiger partial charge in [0.1, 0.15) is 0 Å². The summed E-state index contributed by atoms with van der Waals surface area (Å²) in [7, 11) is 0. The van der Waals surface area contributed by atoms with Gasteiger partial charge in [0.15, 0.2) is 0 Å². The van der Waals surface area contributed by atoms with Crippen LogP contribution >= 0.6 is 0 Å². The molecule has 0 fully saturated rings. The second-order valence-electron chi connectivity index (χ2n) is 3.96. The van der Waals surface area contributed by atoms with Crippen molar-refractivity contribution in [1.29, 1.82) is 0 Å². The van der Waals surface area contributed by atoms with Crippen LogP contribution in [-0.2, 0) is 0 Å². The van der Waals surface area contributed by atoms with E-state index in [2.05, 4.69) is 27.7 Å². The van der Waals surface area contributed by atoms with Crippen LogP contribution in [0.4, 0.5) is 0 Å². The van der Waals surface area contributed by atoms with Gasteiger partial charge in [-0.15, -0.1) is 0 Å². The Bertz CT molecular complexity index is 100. The lowest BCUT2D eigenvalue weighted by molar-refractivity contribution is 0.211. The molecule has 0 bridgehead atoms. The first-order valence-electron chi connectivity index (χ1n) is 4.44. The topological polar surface area (TPSA) is 52.0 Å². The molecule has 0 amide bonds. The summed E-state index contributed by atoms with van der Waals surface area (Å²) in [5.41, 5.74) is 11.6. The Hall–Kier alpha value is -0.0800. The van der Waals surface area contributed by atoms with Crippen molar-refractivity contribution in [1.82, 2.24) is 0 Å². The molecule has 0 heterocycles. The summed E-state index contributed by atoms with van der Waals surface area (Å²) in [6, 6.07) is 0. The summed E-state index contributed by atoms with van der Waals surface area (Å²) in [6.07, 6.45) is 0.919. The Labute approximate surface area is 70.3 Å². The lowest BCUT2D eigenvalue weighted by Gasteiger charge is -2.37. The van der Waals surface area contributed by atoms with Gasteiger partial charge in [0.25, 0.3) is 0 Å². The molecule has 0 aliphatic rings. The number of rotatable bonds is 4.